The van der Waals surface area contributed by atoms with Gasteiger partial charge in [-0.2, -0.15) is 0 Å². The highest BCUT2D eigenvalue weighted by molar-refractivity contribution is 5.36. The van der Waals surface area contributed by atoms with E-state index in [1.165, 1.54) is 12.1 Å². The molecule has 4 heteroatoms. The molecule has 0 saturated carbocycles. The molecule has 90 valence electrons. The summed E-state index contributed by atoms with van der Waals surface area (Å²) >= 11 is 0. The van der Waals surface area contributed by atoms with E-state index in [1.807, 2.05) is 13.8 Å². The molecule has 0 fully saturated rings. The number of hydrogen-bond donors (Lipinski definition) is 2. The van der Waals surface area contributed by atoms with E-state index in [-0.39, 0.29) is 17.9 Å². The Morgan fingerprint density at radius 3 is 2.69 bits per heavy atom. The first-order valence-electron chi connectivity index (χ1n) is 5.38. The largest absolute Gasteiger partial charge is 0.496 e. The van der Waals surface area contributed by atoms with Crippen LogP contribution in [0.5, 0.6) is 5.75 Å². The normalized spacial score (nSPS) is 14.6. The minimum absolute atomic E-state index is 0.00389. The summed E-state index contributed by atoms with van der Waals surface area (Å²) < 4.78 is 18.4. The van der Waals surface area contributed by atoms with Crippen LogP contribution < -0.4 is 15.8 Å². The molecule has 16 heavy (non-hydrogen) atoms. The second-order valence-corrected chi connectivity index (χ2v) is 3.91. The van der Waals surface area contributed by atoms with E-state index in [4.69, 9.17) is 10.5 Å². The zero-order chi connectivity index (χ0) is 12.1. The lowest BCUT2D eigenvalue weighted by molar-refractivity contribution is 0.394. The van der Waals surface area contributed by atoms with E-state index in [2.05, 4.69) is 5.32 Å². The maximum atomic E-state index is 13.2. The fraction of sp³-hybridized carbons (Fsp3) is 0.500. The number of nitrogens with one attached hydrogen (secondary N) is 1. The number of nitrogens with two attached hydrogens (primary N) is 1. The van der Waals surface area contributed by atoms with Crippen molar-refractivity contribution in [2.24, 2.45) is 5.73 Å². The lowest BCUT2D eigenvalue weighted by atomic mass is 10.1. The molecular formula is C12H19FN2O. The highest BCUT2D eigenvalue weighted by Gasteiger charge is 2.13. The van der Waals surface area contributed by atoms with Crippen LogP contribution in [0.2, 0.25) is 0 Å². The standard InChI is InChI=1S/C12H19FN2O/c1-8(7-14)15-9(2)11-6-10(13)4-5-12(11)16-3/h4-6,8-9,15H,7,14H2,1-3H3. The monoisotopic (exact) mass is 226 g/mol. The van der Waals surface area contributed by atoms with Crippen molar-refractivity contribution in [1.82, 2.24) is 5.32 Å². The summed E-state index contributed by atoms with van der Waals surface area (Å²) in [6.45, 7) is 4.49. The van der Waals surface area contributed by atoms with Crippen molar-refractivity contribution < 1.29 is 9.13 Å². The summed E-state index contributed by atoms with van der Waals surface area (Å²) in [5.41, 5.74) is 6.34. The molecule has 1 aromatic rings. The van der Waals surface area contributed by atoms with Gasteiger partial charge in [0.1, 0.15) is 11.6 Å². The first-order chi connectivity index (χ1) is 7.58. The summed E-state index contributed by atoms with van der Waals surface area (Å²) in [6, 6.07) is 4.70. The van der Waals surface area contributed by atoms with Crippen molar-refractivity contribution in [2.75, 3.05) is 13.7 Å². The van der Waals surface area contributed by atoms with E-state index < -0.39 is 0 Å². The average molecular weight is 226 g/mol. The van der Waals surface area contributed by atoms with Crippen LogP contribution in [0.25, 0.3) is 0 Å². The summed E-state index contributed by atoms with van der Waals surface area (Å²) in [4.78, 5) is 0. The van der Waals surface area contributed by atoms with Gasteiger partial charge in [0.05, 0.1) is 7.11 Å². The first kappa shape index (κ1) is 12.9. The van der Waals surface area contributed by atoms with Crippen molar-refractivity contribution in [3.8, 4) is 5.75 Å². The van der Waals surface area contributed by atoms with E-state index in [1.54, 1.807) is 13.2 Å². The Balaban J connectivity index is 2.88. The van der Waals surface area contributed by atoms with Crippen LogP contribution in [0.3, 0.4) is 0 Å². The van der Waals surface area contributed by atoms with Gasteiger partial charge in [-0.1, -0.05) is 0 Å². The number of hydrogen-bond acceptors (Lipinski definition) is 3. The highest BCUT2D eigenvalue weighted by Crippen LogP contribution is 2.25. The molecule has 1 aromatic carbocycles. The third-order valence-electron chi connectivity index (χ3n) is 2.55. The van der Waals surface area contributed by atoms with Crippen LogP contribution >= 0.6 is 0 Å². The Morgan fingerprint density at radius 2 is 2.12 bits per heavy atom. The Bertz CT molecular complexity index is 344. The predicted octanol–water partition coefficient (Wildman–Crippen LogP) is 1.83. The van der Waals surface area contributed by atoms with Gasteiger partial charge in [-0.05, 0) is 32.0 Å². The van der Waals surface area contributed by atoms with Crippen molar-refractivity contribution in [3.63, 3.8) is 0 Å². The molecule has 0 spiro atoms. The Kier molecular flexibility index (Phi) is 4.71. The topological polar surface area (TPSA) is 47.3 Å². The lowest BCUT2D eigenvalue weighted by Gasteiger charge is -2.21. The molecule has 3 nitrogen and oxygen atoms in total. The van der Waals surface area contributed by atoms with Crippen molar-refractivity contribution in [1.29, 1.82) is 0 Å². The van der Waals surface area contributed by atoms with Crippen LogP contribution in [0.15, 0.2) is 18.2 Å². The molecule has 3 N–H and O–H groups in total. The van der Waals surface area contributed by atoms with Crippen LogP contribution in [0.4, 0.5) is 4.39 Å². The average Bonchev–Trinajstić information content (AvgIpc) is 2.28. The first-order valence-corrected chi connectivity index (χ1v) is 5.38. The number of ether oxygens (including phenoxy) is 1. The highest BCUT2D eigenvalue weighted by atomic mass is 19.1. The Morgan fingerprint density at radius 1 is 1.44 bits per heavy atom. The second-order valence-electron chi connectivity index (χ2n) is 3.91. The van der Waals surface area contributed by atoms with Crippen LogP contribution in [0.1, 0.15) is 25.5 Å². The van der Waals surface area contributed by atoms with Gasteiger partial charge < -0.3 is 15.8 Å². The summed E-state index contributed by atoms with van der Waals surface area (Å²) in [6.07, 6.45) is 0. The molecule has 0 radical (unpaired) electrons. The van der Waals surface area contributed by atoms with E-state index in [9.17, 15) is 4.39 Å². The third-order valence-corrected chi connectivity index (χ3v) is 2.55. The van der Waals surface area contributed by atoms with Crippen molar-refractivity contribution >= 4 is 0 Å². The minimum atomic E-state index is -0.259. The molecule has 2 atom stereocenters. The van der Waals surface area contributed by atoms with Gasteiger partial charge in [-0.3, -0.25) is 0 Å². The maximum absolute atomic E-state index is 13.2. The number of rotatable bonds is 5. The fourth-order valence-corrected chi connectivity index (χ4v) is 1.63. The summed E-state index contributed by atoms with van der Waals surface area (Å²) in [5.74, 6) is 0.426. The number of halogens is 1. The molecule has 0 aliphatic heterocycles. The van der Waals surface area contributed by atoms with Gasteiger partial charge in [-0.15, -0.1) is 0 Å². The van der Waals surface area contributed by atoms with Gasteiger partial charge >= 0.3 is 0 Å². The zero-order valence-electron chi connectivity index (χ0n) is 9.96. The van der Waals surface area contributed by atoms with Crippen LogP contribution in [-0.4, -0.2) is 19.7 Å². The quantitative estimate of drug-likeness (QED) is 0.805. The number of methoxy groups -OCH3 is 1. The lowest BCUT2D eigenvalue weighted by Crippen LogP contribution is -2.35. The molecule has 0 amide bonds. The molecule has 0 aromatic heterocycles. The maximum Gasteiger partial charge on any atom is 0.123 e. The van der Waals surface area contributed by atoms with Gasteiger partial charge in [0.15, 0.2) is 0 Å². The SMILES string of the molecule is COc1ccc(F)cc1C(C)NC(C)CN. The van der Waals surface area contributed by atoms with E-state index in [0.29, 0.717) is 12.3 Å². The Hall–Kier alpha value is -1.13. The number of benzene rings is 1. The van der Waals surface area contributed by atoms with Crippen molar-refractivity contribution in [2.45, 2.75) is 25.9 Å². The minimum Gasteiger partial charge on any atom is -0.496 e. The fourth-order valence-electron chi connectivity index (χ4n) is 1.63. The molecule has 1 rings (SSSR count). The molecular weight excluding hydrogens is 207 g/mol. The molecule has 0 aliphatic rings. The second kappa shape index (κ2) is 5.82. The molecule has 2 unspecified atom stereocenters. The Labute approximate surface area is 95.8 Å². The third kappa shape index (κ3) is 3.18. The molecule has 0 bridgehead atoms. The van der Waals surface area contributed by atoms with Crippen LogP contribution in [-0.2, 0) is 0 Å². The molecule has 0 saturated heterocycles. The predicted molar refractivity (Wildman–Crippen MR) is 63.0 cm³/mol. The van der Waals surface area contributed by atoms with Crippen molar-refractivity contribution in [3.05, 3.63) is 29.6 Å². The smallest absolute Gasteiger partial charge is 0.123 e. The van der Waals surface area contributed by atoms with Gasteiger partial charge in [0.25, 0.3) is 0 Å². The van der Waals surface area contributed by atoms with Gasteiger partial charge in [0.2, 0.25) is 0 Å². The van der Waals surface area contributed by atoms with E-state index in [0.717, 1.165) is 5.56 Å². The van der Waals surface area contributed by atoms with E-state index >= 15 is 0 Å². The van der Waals surface area contributed by atoms with Crippen LogP contribution in [0, 0.1) is 5.82 Å². The molecule has 0 heterocycles. The zero-order valence-corrected chi connectivity index (χ0v) is 9.96. The van der Waals surface area contributed by atoms with Gasteiger partial charge in [-0.25, -0.2) is 4.39 Å². The molecule has 0 aliphatic carbocycles. The summed E-state index contributed by atoms with van der Waals surface area (Å²) in [5, 5.41) is 3.28. The summed E-state index contributed by atoms with van der Waals surface area (Å²) in [7, 11) is 1.58. The van der Waals surface area contributed by atoms with Gasteiger partial charge in [0, 0.05) is 24.2 Å².